The lowest BCUT2D eigenvalue weighted by atomic mass is 10.3. The second kappa shape index (κ2) is 7.22. The molecule has 2 heterocycles. The predicted octanol–water partition coefficient (Wildman–Crippen LogP) is 4.11. The highest BCUT2D eigenvalue weighted by Crippen LogP contribution is 2.33. The van der Waals surface area contributed by atoms with Gasteiger partial charge in [0.1, 0.15) is 23.5 Å². The average Bonchev–Trinajstić information content (AvgIpc) is 3.05. The summed E-state index contributed by atoms with van der Waals surface area (Å²) in [4.78, 5) is 14.1. The molecule has 25 heavy (non-hydrogen) atoms. The first-order valence-electron chi connectivity index (χ1n) is 6.73. The molecule has 0 fully saturated rings. The van der Waals surface area contributed by atoms with Crippen molar-refractivity contribution in [1.82, 2.24) is 20.0 Å². The molecule has 3 aromatic rings. The molecule has 2 aromatic heterocycles. The molecule has 0 bridgehead atoms. The summed E-state index contributed by atoms with van der Waals surface area (Å²) in [5.41, 5.74) is 0.763. The van der Waals surface area contributed by atoms with E-state index < -0.39 is 4.92 Å². The van der Waals surface area contributed by atoms with Crippen molar-refractivity contribution >= 4 is 40.5 Å². The fourth-order valence-electron chi connectivity index (χ4n) is 1.95. The SMILES string of the molecule is O=[N+]([O-])c1cncc(Cl)c1OCc1cn(-c2ccc(Cl)c(Cl)c2)nn1. The predicted molar refractivity (Wildman–Crippen MR) is 91.6 cm³/mol. The second-order valence-corrected chi connectivity index (χ2v) is 5.99. The van der Waals surface area contributed by atoms with E-state index in [1.165, 1.54) is 10.9 Å². The molecule has 128 valence electrons. The van der Waals surface area contributed by atoms with Crippen LogP contribution < -0.4 is 4.74 Å². The van der Waals surface area contributed by atoms with Crippen LogP contribution in [0.5, 0.6) is 5.75 Å². The van der Waals surface area contributed by atoms with Gasteiger partial charge >= 0.3 is 5.69 Å². The van der Waals surface area contributed by atoms with Gasteiger partial charge in [0.05, 0.1) is 26.9 Å². The van der Waals surface area contributed by atoms with E-state index in [4.69, 9.17) is 39.5 Å². The monoisotopic (exact) mass is 399 g/mol. The van der Waals surface area contributed by atoms with Crippen LogP contribution in [0.15, 0.2) is 36.8 Å². The third-order valence-electron chi connectivity index (χ3n) is 3.10. The first-order valence-corrected chi connectivity index (χ1v) is 7.86. The summed E-state index contributed by atoms with van der Waals surface area (Å²) >= 11 is 17.8. The van der Waals surface area contributed by atoms with Crippen molar-refractivity contribution in [3.8, 4) is 11.4 Å². The molecule has 0 aliphatic carbocycles. The summed E-state index contributed by atoms with van der Waals surface area (Å²) in [7, 11) is 0. The van der Waals surface area contributed by atoms with Gasteiger partial charge in [0.25, 0.3) is 0 Å². The maximum Gasteiger partial charge on any atom is 0.330 e. The Hall–Kier alpha value is -2.42. The summed E-state index contributed by atoms with van der Waals surface area (Å²) < 4.78 is 6.91. The van der Waals surface area contributed by atoms with Crippen LogP contribution in [-0.2, 0) is 6.61 Å². The molecule has 0 N–H and O–H groups in total. The van der Waals surface area contributed by atoms with Crippen LogP contribution >= 0.6 is 34.8 Å². The number of benzene rings is 1. The summed E-state index contributed by atoms with van der Waals surface area (Å²) in [5.74, 6) is -0.0780. The molecule has 0 amide bonds. The highest BCUT2D eigenvalue weighted by Gasteiger charge is 2.20. The largest absolute Gasteiger partial charge is 0.479 e. The van der Waals surface area contributed by atoms with Crippen molar-refractivity contribution in [1.29, 1.82) is 0 Å². The Bertz CT molecular complexity index is 947. The Morgan fingerprint density at radius 2 is 1.96 bits per heavy atom. The lowest BCUT2D eigenvalue weighted by molar-refractivity contribution is -0.386. The minimum atomic E-state index is -0.624. The number of nitrogens with zero attached hydrogens (tertiary/aromatic N) is 5. The maximum atomic E-state index is 11.0. The smallest absolute Gasteiger partial charge is 0.330 e. The Kier molecular flexibility index (Phi) is 5.03. The highest BCUT2D eigenvalue weighted by molar-refractivity contribution is 6.42. The molecule has 3 rings (SSSR count). The van der Waals surface area contributed by atoms with E-state index in [1.807, 2.05) is 0 Å². The maximum absolute atomic E-state index is 11.0. The first-order chi connectivity index (χ1) is 12.0. The fourth-order valence-corrected chi connectivity index (χ4v) is 2.45. The summed E-state index contributed by atoms with van der Waals surface area (Å²) in [6.45, 7) is -0.0636. The van der Waals surface area contributed by atoms with Crippen molar-refractivity contribution in [2.24, 2.45) is 0 Å². The molecular formula is C14H8Cl3N5O3. The minimum absolute atomic E-state index is 0.0334. The van der Waals surface area contributed by atoms with E-state index in [9.17, 15) is 10.1 Å². The van der Waals surface area contributed by atoms with Gasteiger partial charge in [-0.3, -0.25) is 15.1 Å². The van der Waals surface area contributed by atoms with Crippen molar-refractivity contribution in [3.63, 3.8) is 0 Å². The van der Waals surface area contributed by atoms with Gasteiger partial charge in [-0.1, -0.05) is 40.0 Å². The zero-order valence-corrected chi connectivity index (χ0v) is 14.5. The zero-order chi connectivity index (χ0) is 18.0. The molecule has 0 saturated heterocycles. The van der Waals surface area contributed by atoms with Crippen molar-refractivity contribution in [2.75, 3.05) is 0 Å². The molecule has 0 aliphatic heterocycles. The quantitative estimate of drug-likeness (QED) is 0.472. The van der Waals surface area contributed by atoms with E-state index in [2.05, 4.69) is 15.3 Å². The van der Waals surface area contributed by atoms with Crippen LogP contribution in [0.25, 0.3) is 5.69 Å². The van der Waals surface area contributed by atoms with Gasteiger partial charge in [0.2, 0.25) is 5.75 Å². The third-order valence-corrected chi connectivity index (χ3v) is 4.11. The van der Waals surface area contributed by atoms with Gasteiger partial charge in [-0.15, -0.1) is 5.10 Å². The van der Waals surface area contributed by atoms with E-state index in [0.29, 0.717) is 21.4 Å². The van der Waals surface area contributed by atoms with Gasteiger partial charge < -0.3 is 4.74 Å². The Morgan fingerprint density at radius 3 is 2.68 bits per heavy atom. The van der Waals surface area contributed by atoms with Crippen molar-refractivity contribution in [3.05, 3.63) is 67.7 Å². The average molecular weight is 401 g/mol. The molecule has 0 spiro atoms. The number of ether oxygens (including phenoxy) is 1. The zero-order valence-electron chi connectivity index (χ0n) is 12.3. The van der Waals surface area contributed by atoms with Crippen LogP contribution in [0.2, 0.25) is 15.1 Å². The minimum Gasteiger partial charge on any atom is -0.479 e. The summed E-state index contributed by atoms with van der Waals surface area (Å²) in [6, 6.07) is 4.99. The van der Waals surface area contributed by atoms with E-state index in [1.54, 1.807) is 24.4 Å². The fraction of sp³-hybridized carbons (Fsp3) is 0.0714. The molecule has 0 aliphatic rings. The Labute approximate surface area is 156 Å². The van der Waals surface area contributed by atoms with E-state index >= 15 is 0 Å². The standard InChI is InChI=1S/C14H8Cl3N5O3/c15-10-2-1-9(3-11(10)16)21-6-8(19-20-21)7-25-14-12(17)4-18-5-13(14)22(23)24/h1-6H,7H2. The lowest BCUT2D eigenvalue weighted by Gasteiger charge is -2.06. The topological polar surface area (TPSA) is 96.0 Å². The normalized spacial score (nSPS) is 10.7. The van der Waals surface area contributed by atoms with Gasteiger partial charge in [-0.05, 0) is 18.2 Å². The van der Waals surface area contributed by atoms with Crippen molar-refractivity contribution in [2.45, 2.75) is 6.61 Å². The third kappa shape index (κ3) is 3.81. The van der Waals surface area contributed by atoms with Gasteiger partial charge in [-0.25, -0.2) is 4.68 Å². The number of hydrogen-bond acceptors (Lipinski definition) is 6. The second-order valence-electron chi connectivity index (χ2n) is 4.77. The van der Waals surface area contributed by atoms with Gasteiger partial charge in [-0.2, -0.15) is 0 Å². The highest BCUT2D eigenvalue weighted by atomic mass is 35.5. The molecule has 0 saturated carbocycles. The number of hydrogen-bond donors (Lipinski definition) is 0. The molecule has 1 aromatic carbocycles. The number of aromatic nitrogens is 4. The van der Waals surface area contributed by atoms with Crippen LogP contribution in [0.4, 0.5) is 5.69 Å². The van der Waals surface area contributed by atoms with Crippen LogP contribution in [0.3, 0.4) is 0 Å². The Morgan fingerprint density at radius 1 is 1.16 bits per heavy atom. The van der Waals surface area contributed by atoms with E-state index in [0.717, 1.165) is 6.20 Å². The molecule has 0 unspecified atom stereocenters. The number of pyridine rings is 1. The number of halogens is 3. The van der Waals surface area contributed by atoms with Crippen molar-refractivity contribution < 1.29 is 9.66 Å². The number of rotatable bonds is 5. The first kappa shape index (κ1) is 17.4. The van der Waals surface area contributed by atoms with Gasteiger partial charge in [0, 0.05) is 6.20 Å². The van der Waals surface area contributed by atoms with Gasteiger partial charge in [0.15, 0.2) is 0 Å². The van der Waals surface area contributed by atoms with Crippen LogP contribution in [-0.4, -0.2) is 24.9 Å². The van der Waals surface area contributed by atoms with E-state index in [-0.39, 0.29) is 23.1 Å². The van der Waals surface area contributed by atoms with Crippen LogP contribution in [0.1, 0.15) is 5.69 Å². The molecule has 11 heteroatoms. The molecule has 8 nitrogen and oxygen atoms in total. The van der Waals surface area contributed by atoms with Crippen LogP contribution in [0, 0.1) is 10.1 Å². The molecule has 0 radical (unpaired) electrons. The summed E-state index contributed by atoms with van der Waals surface area (Å²) in [6.07, 6.45) is 3.92. The number of nitro groups is 1. The summed E-state index contributed by atoms with van der Waals surface area (Å²) in [5, 5.41) is 19.7. The Balaban J connectivity index is 1.79. The molecule has 0 atom stereocenters. The lowest BCUT2D eigenvalue weighted by Crippen LogP contribution is -2.01. The molecular weight excluding hydrogens is 393 g/mol.